The molecule has 0 amide bonds. The molecule has 0 unspecified atom stereocenters. The predicted octanol–water partition coefficient (Wildman–Crippen LogP) is 3.12. The van der Waals surface area contributed by atoms with Crippen LogP contribution in [-0.2, 0) is 11.2 Å². The highest BCUT2D eigenvalue weighted by Gasteiger charge is 2.04. The van der Waals surface area contributed by atoms with Crippen LogP contribution in [0.1, 0.15) is 23.3 Å². The van der Waals surface area contributed by atoms with Crippen molar-refractivity contribution in [2.24, 2.45) is 0 Å². The minimum atomic E-state index is -0.736. The maximum absolute atomic E-state index is 10.3. The zero-order chi connectivity index (χ0) is 9.84. The van der Waals surface area contributed by atoms with Gasteiger partial charge in [0.25, 0.3) is 0 Å². The lowest BCUT2D eigenvalue weighted by Gasteiger charge is -1.96. The number of carboxylic acid groups (broad SMARTS) is 1. The van der Waals surface area contributed by atoms with Gasteiger partial charge in [-0.15, -0.1) is 11.3 Å². The molecule has 1 aromatic heterocycles. The number of hydrogen-bond acceptors (Lipinski definition) is 2. The molecule has 0 saturated carbocycles. The summed E-state index contributed by atoms with van der Waals surface area (Å²) < 4.78 is 0.780. The van der Waals surface area contributed by atoms with E-state index in [0.29, 0.717) is 6.42 Å². The third-order valence-electron chi connectivity index (χ3n) is 1.78. The Morgan fingerprint density at radius 1 is 1.69 bits per heavy atom. The third kappa shape index (κ3) is 3.36. The van der Waals surface area contributed by atoms with Crippen molar-refractivity contribution in [3.63, 3.8) is 0 Å². The van der Waals surface area contributed by atoms with Crippen molar-refractivity contribution in [3.8, 4) is 0 Å². The van der Waals surface area contributed by atoms with E-state index < -0.39 is 5.97 Å². The fourth-order valence-electron chi connectivity index (χ4n) is 1.13. The summed E-state index contributed by atoms with van der Waals surface area (Å²) in [5, 5.41) is 8.44. The van der Waals surface area contributed by atoms with Crippen LogP contribution in [0, 0.1) is 6.92 Å². The summed E-state index contributed by atoms with van der Waals surface area (Å²) in [5.41, 5.74) is 1.17. The number of aliphatic carboxylic acids is 1. The SMILES string of the molecule is Cc1cc(Cl)sc1CCCC(=O)O. The summed E-state index contributed by atoms with van der Waals surface area (Å²) in [6.07, 6.45) is 1.73. The topological polar surface area (TPSA) is 37.3 Å². The molecule has 0 fully saturated rings. The Morgan fingerprint density at radius 2 is 2.38 bits per heavy atom. The number of carboxylic acids is 1. The van der Waals surface area contributed by atoms with Gasteiger partial charge in [0.2, 0.25) is 0 Å². The summed E-state index contributed by atoms with van der Waals surface area (Å²) in [6.45, 7) is 2.00. The summed E-state index contributed by atoms with van der Waals surface area (Å²) in [7, 11) is 0. The van der Waals surface area contributed by atoms with Crippen molar-refractivity contribution in [2.75, 3.05) is 0 Å². The summed E-state index contributed by atoms with van der Waals surface area (Å²) in [5.74, 6) is -0.736. The normalized spacial score (nSPS) is 10.3. The first-order valence-electron chi connectivity index (χ1n) is 4.06. The van der Waals surface area contributed by atoms with E-state index in [2.05, 4.69) is 0 Å². The third-order valence-corrected chi connectivity index (χ3v) is 3.21. The second kappa shape index (κ2) is 4.63. The Kier molecular flexibility index (Phi) is 3.75. The standard InChI is InChI=1S/C9H11ClO2S/c1-6-5-8(10)13-7(6)3-2-4-9(11)12/h5H,2-4H2,1H3,(H,11,12). The van der Waals surface area contributed by atoms with E-state index in [0.717, 1.165) is 10.8 Å². The first kappa shape index (κ1) is 10.5. The van der Waals surface area contributed by atoms with E-state index in [9.17, 15) is 4.79 Å². The van der Waals surface area contributed by atoms with E-state index in [1.807, 2.05) is 13.0 Å². The van der Waals surface area contributed by atoms with Gasteiger partial charge in [-0.05, 0) is 31.4 Å². The lowest BCUT2D eigenvalue weighted by atomic mass is 10.1. The maximum Gasteiger partial charge on any atom is 0.303 e. The van der Waals surface area contributed by atoms with Crippen LogP contribution in [0.25, 0.3) is 0 Å². The fraction of sp³-hybridized carbons (Fsp3) is 0.444. The first-order chi connectivity index (χ1) is 6.09. The quantitative estimate of drug-likeness (QED) is 0.843. The Balaban J connectivity index is 2.45. The van der Waals surface area contributed by atoms with Crippen LogP contribution in [-0.4, -0.2) is 11.1 Å². The Hall–Kier alpha value is -0.540. The molecule has 0 spiro atoms. The minimum Gasteiger partial charge on any atom is -0.481 e. The van der Waals surface area contributed by atoms with Crippen molar-refractivity contribution < 1.29 is 9.90 Å². The van der Waals surface area contributed by atoms with E-state index in [1.54, 1.807) is 0 Å². The van der Waals surface area contributed by atoms with E-state index in [1.165, 1.54) is 21.8 Å². The van der Waals surface area contributed by atoms with Gasteiger partial charge in [0, 0.05) is 11.3 Å². The predicted molar refractivity (Wildman–Crippen MR) is 54.6 cm³/mol. The molecule has 1 heterocycles. The molecule has 0 aliphatic heterocycles. The summed E-state index contributed by atoms with van der Waals surface area (Å²) in [6, 6.07) is 1.92. The Labute approximate surface area is 86.2 Å². The zero-order valence-electron chi connectivity index (χ0n) is 7.34. The largest absolute Gasteiger partial charge is 0.481 e. The molecule has 0 aromatic carbocycles. The van der Waals surface area contributed by atoms with Gasteiger partial charge in [-0.1, -0.05) is 11.6 Å². The summed E-state index contributed by atoms with van der Waals surface area (Å²) in [4.78, 5) is 11.5. The van der Waals surface area contributed by atoms with Crippen molar-refractivity contribution in [2.45, 2.75) is 26.2 Å². The lowest BCUT2D eigenvalue weighted by Crippen LogP contribution is -1.95. The molecule has 1 N–H and O–H groups in total. The van der Waals surface area contributed by atoms with Gasteiger partial charge in [0.15, 0.2) is 0 Å². The molecule has 72 valence electrons. The highest BCUT2D eigenvalue weighted by Crippen LogP contribution is 2.27. The molecule has 2 nitrogen and oxygen atoms in total. The van der Waals surface area contributed by atoms with Gasteiger partial charge in [-0.3, -0.25) is 4.79 Å². The molecule has 4 heteroatoms. The van der Waals surface area contributed by atoms with Crippen molar-refractivity contribution in [1.82, 2.24) is 0 Å². The molecular weight excluding hydrogens is 208 g/mol. The molecule has 1 rings (SSSR count). The van der Waals surface area contributed by atoms with E-state index >= 15 is 0 Å². The molecule has 13 heavy (non-hydrogen) atoms. The lowest BCUT2D eigenvalue weighted by molar-refractivity contribution is -0.137. The number of thiophene rings is 1. The molecule has 0 radical (unpaired) electrons. The number of rotatable bonds is 4. The highest BCUT2D eigenvalue weighted by atomic mass is 35.5. The number of carbonyl (C=O) groups is 1. The molecule has 1 aromatic rings. The molecule has 0 aliphatic rings. The minimum absolute atomic E-state index is 0.231. The van der Waals surface area contributed by atoms with Gasteiger partial charge in [-0.25, -0.2) is 0 Å². The van der Waals surface area contributed by atoms with Crippen LogP contribution in [0.2, 0.25) is 4.34 Å². The second-order valence-electron chi connectivity index (χ2n) is 2.90. The molecular formula is C9H11ClO2S. The highest BCUT2D eigenvalue weighted by molar-refractivity contribution is 7.16. The van der Waals surface area contributed by atoms with Gasteiger partial charge in [0.1, 0.15) is 0 Å². The van der Waals surface area contributed by atoms with Crippen LogP contribution in [0.15, 0.2) is 6.07 Å². The zero-order valence-corrected chi connectivity index (χ0v) is 8.91. The fourth-order valence-corrected chi connectivity index (χ4v) is 2.51. The van der Waals surface area contributed by atoms with Gasteiger partial charge < -0.3 is 5.11 Å². The number of hydrogen-bond donors (Lipinski definition) is 1. The van der Waals surface area contributed by atoms with Gasteiger partial charge >= 0.3 is 5.97 Å². The van der Waals surface area contributed by atoms with Crippen LogP contribution < -0.4 is 0 Å². The van der Waals surface area contributed by atoms with Crippen molar-refractivity contribution in [1.29, 1.82) is 0 Å². The maximum atomic E-state index is 10.3. The average molecular weight is 219 g/mol. The van der Waals surface area contributed by atoms with Crippen LogP contribution in [0.5, 0.6) is 0 Å². The van der Waals surface area contributed by atoms with Crippen molar-refractivity contribution in [3.05, 3.63) is 20.8 Å². The van der Waals surface area contributed by atoms with Crippen LogP contribution in [0.3, 0.4) is 0 Å². The monoisotopic (exact) mass is 218 g/mol. The van der Waals surface area contributed by atoms with E-state index in [4.69, 9.17) is 16.7 Å². The second-order valence-corrected chi connectivity index (χ2v) is 4.67. The smallest absolute Gasteiger partial charge is 0.303 e. The molecule has 0 atom stereocenters. The van der Waals surface area contributed by atoms with Gasteiger partial charge in [0.05, 0.1) is 4.34 Å². The molecule has 0 saturated heterocycles. The van der Waals surface area contributed by atoms with Crippen molar-refractivity contribution >= 4 is 28.9 Å². The average Bonchev–Trinajstić information content (AvgIpc) is 2.29. The Morgan fingerprint density at radius 3 is 2.85 bits per heavy atom. The van der Waals surface area contributed by atoms with E-state index in [-0.39, 0.29) is 6.42 Å². The summed E-state index contributed by atoms with van der Waals surface area (Å²) >= 11 is 7.35. The Bertz CT molecular complexity index is 307. The number of aryl methyl sites for hydroxylation is 2. The first-order valence-corrected chi connectivity index (χ1v) is 5.25. The van der Waals surface area contributed by atoms with Crippen LogP contribution >= 0.6 is 22.9 Å². The van der Waals surface area contributed by atoms with Gasteiger partial charge in [-0.2, -0.15) is 0 Å². The van der Waals surface area contributed by atoms with Crippen LogP contribution in [0.4, 0.5) is 0 Å². The molecule has 0 bridgehead atoms. The molecule has 0 aliphatic carbocycles. The number of halogens is 1.